The van der Waals surface area contributed by atoms with E-state index in [0.717, 1.165) is 37.4 Å². The van der Waals surface area contributed by atoms with Gasteiger partial charge in [0, 0.05) is 6.42 Å². The van der Waals surface area contributed by atoms with Gasteiger partial charge in [-0.2, -0.15) is 0 Å². The van der Waals surface area contributed by atoms with Gasteiger partial charge in [0.1, 0.15) is 11.5 Å². The Balaban J connectivity index is 2.09. The van der Waals surface area contributed by atoms with Crippen LogP contribution in [0.15, 0.2) is 24.3 Å². The summed E-state index contributed by atoms with van der Waals surface area (Å²) < 4.78 is 11.3. The molecule has 0 saturated heterocycles. The van der Waals surface area contributed by atoms with E-state index in [1.807, 2.05) is 24.3 Å². The fraction of sp³-hybridized carbons (Fsp3) is 0.611. The lowest BCUT2D eigenvalue weighted by Crippen LogP contribution is -2.00. The van der Waals surface area contributed by atoms with Crippen molar-refractivity contribution in [2.75, 3.05) is 13.2 Å². The fourth-order valence-electron chi connectivity index (χ4n) is 2.10. The van der Waals surface area contributed by atoms with Gasteiger partial charge in [-0.15, -0.1) is 0 Å². The van der Waals surface area contributed by atoms with E-state index < -0.39 is 5.97 Å². The van der Waals surface area contributed by atoms with Crippen LogP contribution in [0.3, 0.4) is 0 Å². The number of rotatable bonds is 13. The predicted molar refractivity (Wildman–Crippen MR) is 87.7 cm³/mol. The third kappa shape index (κ3) is 9.27. The Morgan fingerprint density at radius 2 is 1.36 bits per heavy atom. The molecule has 0 fully saturated rings. The van der Waals surface area contributed by atoms with Crippen molar-refractivity contribution < 1.29 is 19.4 Å². The van der Waals surface area contributed by atoms with Gasteiger partial charge in [-0.05, 0) is 49.9 Å². The zero-order valence-electron chi connectivity index (χ0n) is 13.6. The summed E-state index contributed by atoms with van der Waals surface area (Å²) in [6, 6.07) is 7.69. The third-order valence-corrected chi connectivity index (χ3v) is 3.39. The van der Waals surface area contributed by atoms with Crippen molar-refractivity contribution in [3.63, 3.8) is 0 Å². The molecule has 4 heteroatoms. The summed E-state index contributed by atoms with van der Waals surface area (Å²) in [5.41, 5.74) is 0. The summed E-state index contributed by atoms with van der Waals surface area (Å²) >= 11 is 0. The maximum atomic E-state index is 10.4. The topological polar surface area (TPSA) is 55.8 Å². The molecule has 22 heavy (non-hydrogen) atoms. The van der Waals surface area contributed by atoms with Gasteiger partial charge in [0.05, 0.1) is 13.2 Å². The van der Waals surface area contributed by atoms with Crippen LogP contribution in [0.4, 0.5) is 0 Å². The number of carboxylic acids is 1. The molecule has 0 aromatic heterocycles. The standard InChI is InChI=1S/C18H28O4/c1-2-3-4-7-14-21-16-10-12-17(13-11-16)22-15-8-5-6-9-18(19)20/h10-13H,2-9,14-15H2,1H3,(H,19,20). The van der Waals surface area contributed by atoms with Crippen molar-refractivity contribution in [2.24, 2.45) is 0 Å². The highest BCUT2D eigenvalue weighted by Crippen LogP contribution is 2.18. The zero-order valence-corrected chi connectivity index (χ0v) is 13.6. The SMILES string of the molecule is CCCCCCOc1ccc(OCCCCCC(=O)O)cc1. The van der Waals surface area contributed by atoms with Crippen LogP contribution in [0.5, 0.6) is 11.5 Å². The first kappa shape index (κ1) is 18.3. The summed E-state index contributed by atoms with van der Waals surface area (Å²) in [5.74, 6) is 0.980. The van der Waals surface area contributed by atoms with Crippen molar-refractivity contribution in [1.82, 2.24) is 0 Å². The van der Waals surface area contributed by atoms with Crippen LogP contribution >= 0.6 is 0 Å². The molecule has 0 atom stereocenters. The number of carbonyl (C=O) groups is 1. The number of carboxylic acid groups (broad SMARTS) is 1. The number of unbranched alkanes of at least 4 members (excludes halogenated alkanes) is 5. The maximum absolute atomic E-state index is 10.4. The largest absolute Gasteiger partial charge is 0.494 e. The molecule has 1 rings (SSSR count). The average Bonchev–Trinajstić information content (AvgIpc) is 2.51. The molecule has 0 aliphatic heterocycles. The van der Waals surface area contributed by atoms with Crippen LogP contribution in [-0.2, 0) is 4.79 Å². The first-order valence-electron chi connectivity index (χ1n) is 8.30. The van der Waals surface area contributed by atoms with E-state index in [-0.39, 0.29) is 6.42 Å². The molecular formula is C18H28O4. The lowest BCUT2D eigenvalue weighted by atomic mass is 10.2. The Bertz CT molecular complexity index is 400. The molecule has 124 valence electrons. The van der Waals surface area contributed by atoms with Crippen molar-refractivity contribution in [2.45, 2.75) is 58.3 Å². The second kappa shape index (κ2) is 11.9. The molecule has 0 heterocycles. The van der Waals surface area contributed by atoms with Gasteiger partial charge in [-0.25, -0.2) is 0 Å². The molecule has 0 spiro atoms. The van der Waals surface area contributed by atoms with Crippen LogP contribution in [-0.4, -0.2) is 24.3 Å². The molecule has 0 saturated carbocycles. The molecule has 0 aliphatic carbocycles. The maximum Gasteiger partial charge on any atom is 0.303 e. The first-order valence-corrected chi connectivity index (χ1v) is 8.30. The third-order valence-electron chi connectivity index (χ3n) is 3.39. The number of benzene rings is 1. The predicted octanol–water partition coefficient (Wildman–Crippen LogP) is 4.67. The summed E-state index contributed by atoms with van der Waals surface area (Å²) in [6.07, 6.45) is 7.54. The molecule has 0 amide bonds. The Morgan fingerprint density at radius 3 is 1.82 bits per heavy atom. The monoisotopic (exact) mass is 308 g/mol. The van der Waals surface area contributed by atoms with Crippen molar-refractivity contribution in [3.05, 3.63) is 24.3 Å². The van der Waals surface area contributed by atoms with Gasteiger partial charge >= 0.3 is 5.97 Å². The number of hydrogen-bond donors (Lipinski definition) is 1. The minimum absolute atomic E-state index is 0.240. The molecule has 0 bridgehead atoms. The second-order valence-electron chi connectivity index (χ2n) is 5.43. The number of aliphatic carboxylic acids is 1. The molecule has 1 N–H and O–H groups in total. The Kier molecular flexibility index (Phi) is 9.92. The smallest absolute Gasteiger partial charge is 0.303 e. The van der Waals surface area contributed by atoms with Crippen molar-refractivity contribution in [3.8, 4) is 11.5 Å². The molecule has 1 aromatic rings. The van der Waals surface area contributed by atoms with Crippen LogP contribution in [0.2, 0.25) is 0 Å². The molecule has 1 aromatic carbocycles. The zero-order chi connectivity index (χ0) is 16.0. The minimum atomic E-state index is -0.730. The Hall–Kier alpha value is -1.71. The Labute approximate surface area is 133 Å². The van der Waals surface area contributed by atoms with Crippen LogP contribution in [0.25, 0.3) is 0 Å². The van der Waals surface area contributed by atoms with E-state index in [1.54, 1.807) is 0 Å². The highest BCUT2D eigenvalue weighted by Gasteiger charge is 1.99. The van der Waals surface area contributed by atoms with E-state index in [4.69, 9.17) is 14.6 Å². The summed E-state index contributed by atoms with van der Waals surface area (Å²) in [4.78, 5) is 10.4. The fourth-order valence-corrected chi connectivity index (χ4v) is 2.10. The summed E-state index contributed by atoms with van der Waals surface area (Å²) in [6.45, 7) is 3.59. The molecular weight excluding hydrogens is 280 g/mol. The molecule has 4 nitrogen and oxygen atoms in total. The van der Waals surface area contributed by atoms with Gasteiger partial charge < -0.3 is 14.6 Å². The quantitative estimate of drug-likeness (QED) is 0.538. The van der Waals surface area contributed by atoms with Gasteiger partial charge in [-0.3, -0.25) is 4.79 Å². The van der Waals surface area contributed by atoms with E-state index in [0.29, 0.717) is 13.0 Å². The van der Waals surface area contributed by atoms with Gasteiger partial charge in [-0.1, -0.05) is 26.2 Å². The van der Waals surface area contributed by atoms with Crippen molar-refractivity contribution in [1.29, 1.82) is 0 Å². The molecule has 0 aliphatic rings. The van der Waals surface area contributed by atoms with E-state index in [2.05, 4.69) is 6.92 Å². The average molecular weight is 308 g/mol. The van der Waals surface area contributed by atoms with Gasteiger partial charge in [0.15, 0.2) is 0 Å². The number of hydrogen-bond acceptors (Lipinski definition) is 3. The summed E-state index contributed by atoms with van der Waals surface area (Å²) in [7, 11) is 0. The normalized spacial score (nSPS) is 10.4. The van der Waals surface area contributed by atoms with Crippen LogP contribution in [0, 0.1) is 0 Å². The molecule has 0 radical (unpaired) electrons. The summed E-state index contributed by atoms with van der Waals surface area (Å²) in [5, 5.41) is 8.53. The van der Waals surface area contributed by atoms with Crippen LogP contribution < -0.4 is 9.47 Å². The number of ether oxygens (including phenoxy) is 2. The van der Waals surface area contributed by atoms with E-state index in [9.17, 15) is 4.79 Å². The second-order valence-corrected chi connectivity index (χ2v) is 5.43. The highest BCUT2D eigenvalue weighted by atomic mass is 16.5. The Morgan fingerprint density at radius 1 is 0.864 bits per heavy atom. The first-order chi connectivity index (χ1) is 10.7. The van der Waals surface area contributed by atoms with E-state index in [1.165, 1.54) is 19.3 Å². The van der Waals surface area contributed by atoms with Crippen molar-refractivity contribution >= 4 is 5.97 Å². The lowest BCUT2D eigenvalue weighted by molar-refractivity contribution is -0.137. The highest BCUT2D eigenvalue weighted by molar-refractivity contribution is 5.66. The lowest BCUT2D eigenvalue weighted by Gasteiger charge is -2.08. The van der Waals surface area contributed by atoms with E-state index >= 15 is 0 Å². The van der Waals surface area contributed by atoms with Gasteiger partial charge in [0.25, 0.3) is 0 Å². The molecule has 0 unspecified atom stereocenters. The minimum Gasteiger partial charge on any atom is -0.494 e. The van der Waals surface area contributed by atoms with Gasteiger partial charge in [0.2, 0.25) is 0 Å². The van der Waals surface area contributed by atoms with Crippen LogP contribution in [0.1, 0.15) is 58.3 Å².